The summed E-state index contributed by atoms with van der Waals surface area (Å²) in [7, 11) is 0.00445. The zero-order valence-electron chi connectivity index (χ0n) is 16.3. The number of sulfone groups is 1. The maximum atomic E-state index is 12.2. The minimum Gasteiger partial charge on any atom is -0.493 e. The third-order valence-corrected chi connectivity index (χ3v) is 8.56. The van der Waals surface area contributed by atoms with Gasteiger partial charge in [-0.15, -0.1) is 0 Å². The Morgan fingerprint density at radius 2 is 1.80 bits per heavy atom. The van der Waals surface area contributed by atoms with Gasteiger partial charge in [0.15, 0.2) is 26.5 Å². The van der Waals surface area contributed by atoms with Crippen molar-refractivity contribution in [1.82, 2.24) is 0 Å². The second-order valence-corrected chi connectivity index (χ2v) is 10.9. The molecule has 160 valence electrons. The molecule has 0 aromatic heterocycles. The van der Waals surface area contributed by atoms with Crippen molar-refractivity contribution in [3.8, 4) is 11.5 Å². The fourth-order valence-corrected chi connectivity index (χ4v) is 7.43. The normalized spacial score (nSPS) is 22.0. The first-order chi connectivity index (χ1) is 14.3. The standard InChI is InChI=1S/C20H20Cl2N2O4S2/c1-27-18-7-6-12(8-19(18)28-2)24-17-11-30(25,26)10-16(17)23-20(24)29-9-13-14(21)4-3-5-15(13)22/h3-8,16-17H,9-11H2,1-2H3/t16-,17-/m0/s1. The van der Waals surface area contributed by atoms with Crippen LogP contribution in [0.3, 0.4) is 0 Å². The van der Waals surface area contributed by atoms with E-state index < -0.39 is 9.84 Å². The number of anilines is 1. The summed E-state index contributed by atoms with van der Waals surface area (Å²) in [5, 5.41) is 1.92. The summed E-state index contributed by atoms with van der Waals surface area (Å²) in [6.07, 6.45) is 0. The van der Waals surface area contributed by atoms with E-state index in [-0.39, 0.29) is 23.6 Å². The van der Waals surface area contributed by atoms with Gasteiger partial charge in [0.2, 0.25) is 0 Å². The lowest BCUT2D eigenvalue weighted by Gasteiger charge is -2.27. The van der Waals surface area contributed by atoms with E-state index in [0.717, 1.165) is 16.4 Å². The van der Waals surface area contributed by atoms with E-state index in [0.29, 0.717) is 27.3 Å². The van der Waals surface area contributed by atoms with Crippen LogP contribution in [0.15, 0.2) is 41.4 Å². The van der Waals surface area contributed by atoms with Gasteiger partial charge in [0.25, 0.3) is 0 Å². The van der Waals surface area contributed by atoms with Crippen molar-refractivity contribution in [3.05, 3.63) is 52.0 Å². The molecule has 4 rings (SSSR count). The van der Waals surface area contributed by atoms with Gasteiger partial charge >= 0.3 is 0 Å². The molecule has 2 heterocycles. The Balaban J connectivity index is 1.68. The van der Waals surface area contributed by atoms with E-state index in [2.05, 4.69) is 0 Å². The Morgan fingerprint density at radius 1 is 1.10 bits per heavy atom. The van der Waals surface area contributed by atoms with Crippen LogP contribution >= 0.6 is 35.0 Å². The SMILES string of the molecule is COc1ccc(N2C(SCc3c(Cl)cccc3Cl)=N[C@H]3CS(=O)(=O)C[C@@H]32)cc1OC. The van der Waals surface area contributed by atoms with Crippen LogP contribution in [0.4, 0.5) is 5.69 Å². The third-order valence-electron chi connectivity index (χ3n) is 5.16. The van der Waals surface area contributed by atoms with Crippen molar-refractivity contribution in [2.24, 2.45) is 4.99 Å². The number of halogens is 2. The molecule has 1 saturated heterocycles. The summed E-state index contributed by atoms with van der Waals surface area (Å²) in [5.74, 6) is 1.81. The number of benzene rings is 2. The first kappa shape index (κ1) is 21.6. The van der Waals surface area contributed by atoms with Crippen molar-refractivity contribution in [2.45, 2.75) is 17.8 Å². The molecule has 30 heavy (non-hydrogen) atoms. The van der Waals surface area contributed by atoms with Gasteiger partial charge in [0, 0.05) is 27.6 Å². The minimum atomic E-state index is -3.14. The number of aliphatic imine (C=N–C) groups is 1. The maximum absolute atomic E-state index is 12.2. The topological polar surface area (TPSA) is 68.2 Å². The number of thioether (sulfide) groups is 1. The third kappa shape index (κ3) is 4.10. The van der Waals surface area contributed by atoms with Crippen molar-refractivity contribution >= 4 is 55.7 Å². The molecule has 0 radical (unpaired) electrons. The number of hydrogen-bond donors (Lipinski definition) is 0. The molecule has 6 nitrogen and oxygen atoms in total. The van der Waals surface area contributed by atoms with Crippen molar-refractivity contribution < 1.29 is 17.9 Å². The number of amidine groups is 1. The van der Waals surface area contributed by atoms with Gasteiger partial charge < -0.3 is 14.4 Å². The number of ether oxygens (including phenoxy) is 2. The molecule has 0 spiro atoms. The van der Waals surface area contributed by atoms with Crippen molar-refractivity contribution in [3.63, 3.8) is 0 Å². The first-order valence-electron chi connectivity index (χ1n) is 9.18. The lowest BCUT2D eigenvalue weighted by molar-refractivity contribution is 0.355. The van der Waals surface area contributed by atoms with Crippen molar-refractivity contribution in [2.75, 3.05) is 30.6 Å². The zero-order chi connectivity index (χ0) is 21.5. The molecule has 0 bridgehead atoms. The quantitative estimate of drug-likeness (QED) is 0.627. The molecule has 2 aromatic carbocycles. The summed E-state index contributed by atoms with van der Waals surface area (Å²) >= 11 is 14.1. The summed E-state index contributed by atoms with van der Waals surface area (Å²) < 4.78 is 35.2. The number of nitrogens with zero attached hydrogens (tertiary/aromatic N) is 2. The van der Waals surface area contributed by atoms with E-state index in [1.165, 1.54) is 11.8 Å². The van der Waals surface area contributed by atoms with Crippen LogP contribution in [0.5, 0.6) is 11.5 Å². The number of rotatable bonds is 5. The highest BCUT2D eigenvalue weighted by Crippen LogP contribution is 2.40. The number of methoxy groups -OCH3 is 2. The van der Waals surface area contributed by atoms with Crippen LogP contribution in [0.1, 0.15) is 5.56 Å². The summed E-state index contributed by atoms with van der Waals surface area (Å²) in [5.41, 5.74) is 1.62. The molecule has 0 unspecified atom stereocenters. The molecule has 10 heteroatoms. The molecule has 0 N–H and O–H groups in total. The predicted octanol–water partition coefficient (Wildman–Crippen LogP) is 4.29. The van der Waals surface area contributed by atoms with Gasteiger partial charge in [0.1, 0.15) is 0 Å². The molecule has 0 amide bonds. The van der Waals surface area contributed by atoms with Gasteiger partial charge in [-0.05, 0) is 29.8 Å². The molecule has 2 aromatic rings. The van der Waals surface area contributed by atoms with E-state index in [9.17, 15) is 8.42 Å². The fourth-order valence-electron chi connectivity index (χ4n) is 3.72. The Kier molecular flexibility index (Phi) is 6.12. The van der Waals surface area contributed by atoms with Crippen molar-refractivity contribution in [1.29, 1.82) is 0 Å². The lowest BCUT2D eigenvalue weighted by Crippen LogP contribution is -2.39. The van der Waals surface area contributed by atoms with Crippen LogP contribution in [0.25, 0.3) is 0 Å². The van der Waals surface area contributed by atoms with Gasteiger partial charge in [-0.1, -0.05) is 41.0 Å². The molecule has 1 fully saturated rings. The molecule has 2 aliphatic heterocycles. The second kappa shape index (κ2) is 8.49. The Morgan fingerprint density at radius 3 is 2.47 bits per heavy atom. The highest BCUT2D eigenvalue weighted by atomic mass is 35.5. The average Bonchev–Trinajstić information content (AvgIpc) is 3.18. The monoisotopic (exact) mass is 486 g/mol. The fraction of sp³-hybridized carbons (Fsp3) is 0.350. The van der Waals surface area contributed by atoms with Crippen LogP contribution in [0.2, 0.25) is 10.0 Å². The summed E-state index contributed by atoms with van der Waals surface area (Å²) in [4.78, 5) is 6.72. The van der Waals surface area contributed by atoms with Crippen LogP contribution in [0, 0.1) is 0 Å². The second-order valence-electron chi connectivity index (χ2n) is 7.02. The Hall–Kier alpha value is -1.61. The summed E-state index contributed by atoms with van der Waals surface area (Å²) in [6.45, 7) is 0. The molecule has 0 saturated carbocycles. The van der Waals surface area contributed by atoms with E-state index >= 15 is 0 Å². The molecule has 0 aliphatic carbocycles. The predicted molar refractivity (Wildman–Crippen MR) is 123 cm³/mol. The van der Waals surface area contributed by atoms with Gasteiger partial charge in [-0.2, -0.15) is 0 Å². The van der Waals surface area contributed by atoms with Crippen LogP contribution in [-0.2, 0) is 15.6 Å². The van der Waals surface area contributed by atoms with Crippen LogP contribution < -0.4 is 14.4 Å². The van der Waals surface area contributed by atoms with Gasteiger partial charge in [0.05, 0.1) is 37.8 Å². The molecular weight excluding hydrogens is 467 g/mol. The van der Waals surface area contributed by atoms with Gasteiger partial charge in [-0.25, -0.2) is 8.42 Å². The first-order valence-corrected chi connectivity index (χ1v) is 12.7. The van der Waals surface area contributed by atoms with E-state index in [1.54, 1.807) is 38.5 Å². The highest BCUT2D eigenvalue weighted by molar-refractivity contribution is 8.13. The Labute approximate surface area is 190 Å². The largest absolute Gasteiger partial charge is 0.493 e. The highest BCUT2D eigenvalue weighted by Gasteiger charge is 2.47. The Bertz CT molecular complexity index is 1090. The minimum absolute atomic E-state index is 0.0539. The summed E-state index contributed by atoms with van der Waals surface area (Å²) in [6, 6.07) is 10.4. The molecule has 2 aliphatic rings. The van der Waals surface area contributed by atoms with Gasteiger partial charge in [-0.3, -0.25) is 4.99 Å². The smallest absolute Gasteiger partial charge is 0.164 e. The number of fused-ring (bicyclic) bond motifs is 1. The average molecular weight is 487 g/mol. The number of hydrogen-bond acceptors (Lipinski definition) is 7. The zero-order valence-corrected chi connectivity index (χ0v) is 19.5. The van der Waals surface area contributed by atoms with Crippen LogP contribution in [-0.4, -0.2) is 51.4 Å². The maximum Gasteiger partial charge on any atom is 0.164 e. The lowest BCUT2D eigenvalue weighted by atomic mass is 10.1. The molecule has 2 atom stereocenters. The van der Waals surface area contributed by atoms with E-state index in [1.807, 2.05) is 17.0 Å². The molecular formula is C20H20Cl2N2O4S2. The van der Waals surface area contributed by atoms with E-state index in [4.69, 9.17) is 37.7 Å².